The highest BCUT2D eigenvalue weighted by atomic mass is 16.5. The van der Waals surface area contributed by atoms with Crippen LogP contribution < -0.4 is 5.32 Å². The molecule has 0 atom stereocenters. The van der Waals surface area contributed by atoms with Crippen molar-refractivity contribution in [2.24, 2.45) is 0 Å². The molecule has 0 spiro atoms. The van der Waals surface area contributed by atoms with Crippen LogP contribution in [0.2, 0.25) is 0 Å². The fraction of sp³-hybridized carbons (Fsp3) is 0.667. The van der Waals surface area contributed by atoms with Gasteiger partial charge in [-0.2, -0.15) is 0 Å². The van der Waals surface area contributed by atoms with Gasteiger partial charge in [-0.15, -0.1) is 0 Å². The maximum atomic E-state index is 10.6. The van der Waals surface area contributed by atoms with Crippen molar-refractivity contribution in [3.8, 4) is 0 Å². The van der Waals surface area contributed by atoms with Crippen molar-refractivity contribution in [1.29, 1.82) is 0 Å². The molecule has 1 amide bonds. The van der Waals surface area contributed by atoms with Gasteiger partial charge in [0.15, 0.2) is 0 Å². The minimum Gasteiger partial charge on any atom is -0.480 e. The number of rotatable bonds is 6. The van der Waals surface area contributed by atoms with Crippen LogP contribution in [0.15, 0.2) is 0 Å². The van der Waals surface area contributed by atoms with E-state index in [1.165, 1.54) is 0 Å². The lowest BCUT2D eigenvalue weighted by Gasteiger charge is -2.01. The van der Waals surface area contributed by atoms with E-state index in [9.17, 15) is 9.59 Å². The zero-order chi connectivity index (χ0) is 9.40. The number of carbonyl (C=O) groups excluding carboxylic acids is 1. The summed E-state index contributed by atoms with van der Waals surface area (Å²) in [5.74, 6) is -1.56. The Balaban J connectivity index is 3.25. The van der Waals surface area contributed by atoms with E-state index in [4.69, 9.17) is 10.2 Å². The first-order valence-electron chi connectivity index (χ1n) is 3.34. The van der Waals surface area contributed by atoms with E-state index >= 15 is 0 Å². The number of carboxylic acid groups (broad SMARTS) is 1. The summed E-state index contributed by atoms with van der Waals surface area (Å²) >= 11 is 0. The van der Waals surface area contributed by atoms with Crippen molar-refractivity contribution >= 4 is 11.9 Å². The molecule has 70 valence electrons. The van der Waals surface area contributed by atoms with Crippen molar-refractivity contribution < 1.29 is 24.5 Å². The predicted octanol–water partition coefficient (Wildman–Crippen LogP) is -1.80. The molecule has 0 radical (unpaired) electrons. The Hall–Kier alpha value is -1.14. The summed E-state index contributed by atoms with van der Waals surface area (Å²) in [5, 5.41) is 18.7. The van der Waals surface area contributed by atoms with E-state index in [0.29, 0.717) is 0 Å². The third kappa shape index (κ3) is 6.97. The maximum absolute atomic E-state index is 10.6. The number of hydrogen-bond acceptors (Lipinski definition) is 4. The molecule has 12 heavy (non-hydrogen) atoms. The molecule has 0 unspecified atom stereocenters. The molecule has 0 heterocycles. The average Bonchev–Trinajstić information content (AvgIpc) is 2.00. The highest BCUT2D eigenvalue weighted by Gasteiger charge is 2.01. The van der Waals surface area contributed by atoms with Gasteiger partial charge in [0.05, 0.1) is 6.61 Å². The first kappa shape index (κ1) is 10.9. The minimum absolute atomic E-state index is 0.148. The summed E-state index contributed by atoms with van der Waals surface area (Å²) in [4.78, 5) is 20.5. The minimum atomic E-state index is -1.12. The number of nitrogens with one attached hydrogen (secondary N) is 1. The van der Waals surface area contributed by atoms with Gasteiger partial charge in [0.2, 0.25) is 5.91 Å². The quantitative estimate of drug-likeness (QED) is 0.444. The fourth-order valence-electron chi connectivity index (χ4n) is 0.477. The van der Waals surface area contributed by atoms with Gasteiger partial charge in [-0.25, -0.2) is 4.79 Å². The monoisotopic (exact) mass is 177 g/mol. The van der Waals surface area contributed by atoms with Crippen molar-refractivity contribution in [2.75, 3.05) is 26.4 Å². The number of aliphatic hydroxyl groups excluding tert-OH is 1. The standard InChI is InChI=1S/C6H11NO5/c8-2-1-7-5(9)3-12-4-6(10)11/h8H,1-4H2,(H,7,9)(H,10,11). The van der Waals surface area contributed by atoms with Gasteiger partial charge >= 0.3 is 5.97 Å². The Kier molecular flexibility index (Phi) is 5.94. The van der Waals surface area contributed by atoms with Crippen LogP contribution in [0, 0.1) is 0 Å². The molecule has 0 rings (SSSR count). The molecule has 0 aliphatic carbocycles. The van der Waals surface area contributed by atoms with Crippen LogP contribution in [0.5, 0.6) is 0 Å². The lowest BCUT2D eigenvalue weighted by atomic mass is 10.6. The summed E-state index contributed by atoms with van der Waals surface area (Å²) < 4.78 is 4.46. The molecule has 0 aromatic rings. The van der Waals surface area contributed by atoms with Gasteiger partial charge in [-0.3, -0.25) is 4.79 Å². The SMILES string of the molecule is O=C(O)COCC(=O)NCCO. The fourth-order valence-corrected chi connectivity index (χ4v) is 0.477. The summed E-state index contributed by atoms with van der Waals surface area (Å²) in [6, 6.07) is 0. The van der Waals surface area contributed by atoms with Crippen LogP contribution in [0.1, 0.15) is 0 Å². The van der Waals surface area contributed by atoms with Crippen LogP contribution >= 0.6 is 0 Å². The van der Waals surface area contributed by atoms with Crippen LogP contribution in [-0.2, 0) is 14.3 Å². The van der Waals surface area contributed by atoms with E-state index in [0.717, 1.165) is 0 Å². The van der Waals surface area contributed by atoms with Gasteiger partial charge in [0.25, 0.3) is 0 Å². The second-order valence-corrected chi connectivity index (χ2v) is 1.96. The maximum Gasteiger partial charge on any atom is 0.329 e. The number of aliphatic hydroxyl groups is 1. The molecule has 0 aliphatic rings. The molecule has 0 saturated heterocycles. The number of carbonyl (C=O) groups is 2. The van der Waals surface area contributed by atoms with Crippen molar-refractivity contribution in [2.45, 2.75) is 0 Å². The molecule has 0 bridgehead atoms. The number of hydrogen-bond donors (Lipinski definition) is 3. The summed E-state index contributed by atoms with van der Waals surface area (Å²) in [6.45, 7) is -0.793. The number of aliphatic carboxylic acids is 1. The lowest BCUT2D eigenvalue weighted by Crippen LogP contribution is -2.30. The van der Waals surface area contributed by atoms with E-state index in [1.54, 1.807) is 0 Å². The Labute approximate surface area is 69.1 Å². The topological polar surface area (TPSA) is 95.9 Å². The largest absolute Gasteiger partial charge is 0.480 e. The molecule has 6 nitrogen and oxygen atoms in total. The van der Waals surface area contributed by atoms with E-state index in [-0.39, 0.29) is 19.8 Å². The van der Waals surface area contributed by atoms with Gasteiger partial charge in [0.1, 0.15) is 13.2 Å². The van der Waals surface area contributed by atoms with Crippen molar-refractivity contribution in [1.82, 2.24) is 5.32 Å². The molecule has 0 aromatic carbocycles. The highest BCUT2D eigenvalue weighted by Crippen LogP contribution is 1.74. The molecule has 0 aromatic heterocycles. The van der Waals surface area contributed by atoms with Crippen LogP contribution in [0.3, 0.4) is 0 Å². The van der Waals surface area contributed by atoms with Crippen LogP contribution in [0.4, 0.5) is 0 Å². The normalized spacial score (nSPS) is 9.42. The molecule has 0 fully saturated rings. The Morgan fingerprint density at radius 1 is 1.33 bits per heavy atom. The second kappa shape index (κ2) is 6.56. The molecule has 0 aliphatic heterocycles. The molecule has 3 N–H and O–H groups in total. The van der Waals surface area contributed by atoms with E-state index < -0.39 is 18.5 Å². The zero-order valence-electron chi connectivity index (χ0n) is 6.45. The van der Waals surface area contributed by atoms with Gasteiger partial charge in [0, 0.05) is 6.54 Å². The highest BCUT2D eigenvalue weighted by molar-refractivity contribution is 5.77. The van der Waals surface area contributed by atoms with E-state index in [2.05, 4.69) is 10.1 Å². The molecule has 0 saturated carbocycles. The number of carboxylic acids is 1. The molecular weight excluding hydrogens is 166 g/mol. The van der Waals surface area contributed by atoms with Gasteiger partial charge in [-0.05, 0) is 0 Å². The first-order chi connectivity index (χ1) is 5.66. The lowest BCUT2D eigenvalue weighted by molar-refractivity contribution is -0.143. The summed E-state index contributed by atoms with van der Waals surface area (Å²) in [7, 11) is 0. The predicted molar refractivity (Wildman–Crippen MR) is 38.6 cm³/mol. The number of ether oxygens (including phenoxy) is 1. The van der Waals surface area contributed by atoms with Crippen LogP contribution in [-0.4, -0.2) is 48.5 Å². The third-order valence-electron chi connectivity index (χ3n) is 0.893. The Morgan fingerprint density at radius 3 is 2.50 bits per heavy atom. The Bertz CT molecular complexity index is 158. The number of amides is 1. The second-order valence-electron chi connectivity index (χ2n) is 1.96. The Morgan fingerprint density at radius 2 is 2.00 bits per heavy atom. The van der Waals surface area contributed by atoms with Crippen LogP contribution in [0.25, 0.3) is 0 Å². The smallest absolute Gasteiger partial charge is 0.329 e. The van der Waals surface area contributed by atoms with Crippen molar-refractivity contribution in [3.05, 3.63) is 0 Å². The summed E-state index contributed by atoms with van der Waals surface area (Å²) in [6.07, 6.45) is 0. The molecular formula is C6H11NO5. The van der Waals surface area contributed by atoms with Gasteiger partial charge in [-0.1, -0.05) is 0 Å². The van der Waals surface area contributed by atoms with E-state index in [1.807, 2.05) is 0 Å². The average molecular weight is 177 g/mol. The zero-order valence-corrected chi connectivity index (χ0v) is 6.45. The third-order valence-corrected chi connectivity index (χ3v) is 0.893. The first-order valence-corrected chi connectivity index (χ1v) is 3.34. The van der Waals surface area contributed by atoms with Gasteiger partial charge < -0.3 is 20.3 Å². The molecule has 6 heteroatoms. The van der Waals surface area contributed by atoms with Crippen molar-refractivity contribution in [3.63, 3.8) is 0 Å². The summed E-state index contributed by atoms with van der Waals surface area (Å²) in [5.41, 5.74) is 0.